The summed E-state index contributed by atoms with van der Waals surface area (Å²) >= 11 is 0. The van der Waals surface area contributed by atoms with Crippen molar-refractivity contribution in [3.63, 3.8) is 0 Å². The highest BCUT2D eigenvalue weighted by Crippen LogP contribution is 2.29. The quantitative estimate of drug-likeness (QED) is 0.333. The molecular formula is C24H23F5N2O6. The molecule has 8 nitrogen and oxygen atoms in total. The summed E-state index contributed by atoms with van der Waals surface area (Å²) in [6, 6.07) is 5.84. The minimum absolute atomic E-state index is 0.00640. The molecule has 1 fully saturated rings. The first-order valence-electron chi connectivity index (χ1n) is 11.2. The normalized spacial score (nSPS) is 17.5. The average Bonchev–Trinajstić information content (AvgIpc) is 2.83. The maximum atomic E-state index is 14.4. The number of ether oxygens (including phenoxy) is 2. The van der Waals surface area contributed by atoms with Crippen LogP contribution in [0.25, 0.3) is 0 Å². The topological polar surface area (TPSA) is 114 Å². The summed E-state index contributed by atoms with van der Waals surface area (Å²) in [5.74, 6) is -5.99. The average molecular weight is 530 g/mol. The lowest BCUT2D eigenvalue weighted by molar-refractivity contribution is -0.275. The zero-order chi connectivity index (χ0) is 27.2. The molecule has 0 bridgehead atoms. The molecule has 0 aromatic heterocycles. The molecule has 0 radical (unpaired) electrons. The van der Waals surface area contributed by atoms with Crippen LogP contribution in [0.3, 0.4) is 0 Å². The molecule has 2 aromatic rings. The first-order chi connectivity index (χ1) is 17.4. The summed E-state index contributed by atoms with van der Waals surface area (Å²) in [7, 11) is 0. The molecule has 0 spiro atoms. The molecule has 1 aliphatic rings. The van der Waals surface area contributed by atoms with Gasteiger partial charge in [0.1, 0.15) is 0 Å². The minimum Gasteiger partial charge on any atom is -0.487 e. The van der Waals surface area contributed by atoms with Gasteiger partial charge in [0.05, 0.1) is 12.0 Å². The molecule has 1 saturated carbocycles. The smallest absolute Gasteiger partial charge is 0.487 e. The van der Waals surface area contributed by atoms with Gasteiger partial charge in [-0.15, -0.1) is 13.2 Å². The van der Waals surface area contributed by atoms with E-state index in [9.17, 15) is 36.3 Å². The second kappa shape index (κ2) is 11.9. The molecule has 0 atom stereocenters. The number of carbonyl (C=O) groups is 3. The Morgan fingerprint density at radius 2 is 1.32 bits per heavy atom. The Balaban J connectivity index is 1.44. The van der Waals surface area contributed by atoms with E-state index in [1.807, 2.05) is 0 Å². The summed E-state index contributed by atoms with van der Waals surface area (Å²) in [5.41, 5.74) is -0.263. The molecular weight excluding hydrogens is 507 g/mol. The third-order valence-corrected chi connectivity index (χ3v) is 5.63. The summed E-state index contributed by atoms with van der Waals surface area (Å²) < 4.78 is 73.9. The summed E-state index contributed by atoms with van der Waals surface area (Å²) in [5, 5.41) is 13.9. The Morgan fingerprint density at radius 1 is 0.838 bits per heavy atom. The zero-order valence-corrected chi connectivity index (χ0v) is 19.2. The third kappa shape index (κ3) is 8.05. The minimum atomic E-state index is -5.08. The number of halogens is 5. The van der Waals surface area contributed by atoms with E-state index in [1.165, 1.54) is 12.1 Å². The molecule has 0 unspecified atom stereocenters. The first kappa shape index (κ1) is 27.7. The number of aliphatic carboxylic acids is 1. The van der Waals surface area contributed by atoms with Crippen LogP contribution in [0.2, 0.25) is 0 Å². The number of hydrogen-bond acceptors (Lipinski definition) is 5. The van der Waals surface area contributed by atoms with E-state index in [0.29, 0.717) is 37.8 Å². The predicted molar refractivity (Wildman–Crippen MR) is 118 cm³/mol. The van der Waals surface area contributed by atoms with Crippen molar-refractivity contribution >= 4 is 17.8 Å². The van der Waals surface area contributed by atoms with Gasteiger partial charge in [-0.25, -0.2) is 8.78 Å². The maximum Gasteiger partial charge on any atom is 0.573 e. The van der Waals surface area contributed by atoms with Crippen LogP contribution in [-0.2, 0) is 4.79 Å². The zero-order valence-electron chi connectivity index (χ0n) is 19.2. The van der Waals surface area contributed by atoms with Crippen LogP contribution in [0.1, 0.15) is 46.4 Å². The molecule has 200 valence electrons. The summed E-state index contributed by atoms with van der Waals surface area (Å²) in [4.78, 5) is 35.3. The highest BCUT2D eigenvalue weighted by molar-refractivity contribution is 5.95. The van der Waals surface area contributed by atoms with Crippen molar-refractivity contribution in [2.24, 2.45) is 5.92 Å². The highest BCUT2D eigenvalue weighted by atomic mass is 19.4. The van der Waals surface area contributed by atoms with Crippen molar-refractivity contribution in [1.82, 2.24) is 10.6 Å². The van der Waals surface area contributed by atoms with Crippen molar-refractivity contribution in [2.75, 3.05) is 13.1 Å². The molecule has 1 aliphatic carbocycles. The van der Waals surface area contributed by atoms with Crippen molar-refractivity contribution < 1.29 is 50.9 Å². The first-order valence-corrected chi connectivity index (χ1v) is 11.2. The van der Waals surface area contributed by atoms with Crippen molar-refractivity contribution in [1.29, 1.82) is 0 Å². The van der Waals surface area contributed by atoms with Gasteiger partial charge in [0.2, 0.25) is 0 Å². The van der Waals surface area contributed by atoms with E-state index in [0.717, 1.165) is 12.1 Å². The molecule has 3 rings (SSSR count). The summed E-state index contributed by atoms with van der Waals surface area (Å²) in [6.07, 6.45) is -3.58. The second-order valence-corrected chi connectivity index (χ2v) is 8.28. The number of carbonyl (C=O) groups excluding carboxylic acids is 2. The Kier molecular flexibility index (Phi) is 8.90. The Hall–Kier alpha value is -3.90. The van der Waals surface area contributed by atoms with Crippen LogP contribution in [0.5, 0.6) is 11.5 Å². The molecule has 0 aliphatic heterocycles. The van der Waals surface area contributed by atoms with Crippen LogP contribution < -0.4 is 20.1 Å². The molecule has 0 heterocycles. The maximum absolute atomic E-state index is 14.4. The number of rotatable bonds is 9. The van der Waals surface area contributed by atoms with Gasteiger partial charge in [0, 0.05) is 24.2 Å². The van der Waals surface area contributed by atoms with Crippen LogP contribution in [0.15, 0.2) is 36.4 Å². The number of carboxylic acids is 1. The van der Waals surface area contributed by atoms with Crippen LogP contribution in [-0.4, -0.2) is 48.4 Å². The molecule has 2 aromatic carbocycles. The van der Waals surface area contributed by atoms with E-state index < -0.39 is 47.4 Å². The number of benzene rings is 2. The standard InChI is InChI=1S/C24H23F5N2O6/c25-17-11-14(3-7-19(17)36-16-5-1-13(2-6-16)23(34)35)21(32)30-9-10-31-22(33)15-4-8-20(18(26)12-15)37-24(27,28)29/h3-4,7-8,11-13,16H,1-2,5-6,9-10H2,(H,30,32)(H,31,33)(H,34,35)/t13-,16+. The van der Waals surface area contributed by atoms with E-state index in [-0.39, 0.29) is 36.1 Å². The molecule has 2 amide bonds. The van der Waals surface area contributed by atoms with Gasteiger partial charge in [-0.05, 0) is 62.1 Å². The van der Waals surface area contributed by atoms with Gasteiger partial charge < -0.3 is 25.2 Å². The van der Waals surface area contributed by atoms with Crippen molar-refractivity contribution in [3.8, 4) is 11.5 Å². The van der Waals surface area contributed by atoms with Crippen LogP contribution in [0, 0.1) is 17.6 Å². The van der Waals surface area contributed by atoms with Crippen LogP contribution in [0.4, 0.5) is 22.0 Å². The molecule has 0 saturated heterocycles. The highest BCUT2D eigenvalue weighted by Gasteiger charge is 2.32. The number of hydrogen-bond donors (Lipinski definition) is 3. The van der Waals surface area contributed by atoms with Gasteiger partial charge in [-0.2, -0.15) is 0 Å². The van der Waals surface area contributed by atoms with Gasteiger partial charge in [0.25, 0.3) is 11.8 Å². The largest absolute Gasteiger partial charge is 0.573 e. The fourth-order valence-corrected chi connectivity index (χ4v) is 3.75. The predicted octanol–water partition coefficient (Wildman–Crippen LogP) is 4.05. The fourth-order valence-electron chi connectivity index (χ4n) is 3.75. The number of carboxylic acid groups (broad SMARTS) is 1. The van der Waals surface area contributed by atoms with Crippen LogP contribution >= 0.6 is 0 Å². The third-order valence-electron chi connectivity index (χ3n) is 5.63. The molecule has 3 N–H and O–H groups in total. The Morgan fingerprint density at radius 3 is 1.76 bits per heavy atom. The number of nitrogens with one attached hydrogen (secondary N) is 2. The number of amides is 2. The van der Waals surface area contributed by atoms with Gasteiger partial charge in [0.15, 0.2) is 23.1 Å². The van der Waals surface area contributed by atoms with Crippen molar-refractivity contribution in [2.45, 2.75) is 38.1 Å². The van der Waals surface area contributed by atoms with E-state index >= 15 is 0 Å². The number of alkyl halides is 3. The monoisotopic (exact) mass is 530 g/mol. The Labute approximate surface area is 207 Å². The van der Waals surface area contributed by atoms with Gasteiger partial charge in [-0.1, -0.05) is 0 Å². The SMILES string of the molecule is O=C(NCCNC(=O)c1ccc(O[C@H]2CC[C@@H](C(=O)O)CC2)c(F)c1)c1ccc(OC(F)(F)F)c(F)c1. The van der Waals surface area contributed by atoms with Gasteiger partial charge >= 0.3 is 12.3 Å². The lowest BCUT2D eigenvalue weighted by Crippen LogP contribution is -2.34. The Bertz CT molecular complexity index is 1150. The molecule has 37 heavy (non-hydrogen) atoms. The second-order valence-electron chi connectivity index (χ2n) is 8.28. The van der Waals surface area contributed by atoms with Crippen molar-refractivity contribution in [3.05, 3.63) is 59.2 Å². The summed E-state index contributed by atoms with van der Waals surface area (Å²) in [6.45, 7) is -0.176. The van der Waals surface area contributed by atoms with Gasteiger partial charge in [-0.3, -0.25) is 14.4 Å². The van der Waals surface area contributed by atoms with E-state index in [1.54, 1.807) is 0 Å². The molecule has 13 heteroatoms. The lowest BCUT2D eigenvalue weighted by Gasteiger charge is -2.27. The lowest BCUT2D eigenvalue weighted by atomic mass is 9.87. The van der Waals surface area contributed by atoms with E-state index in [4.69, 9.17) is 9.84 Å². The van der Waals surface area contributed by atoms with E-state index in [2.05, 4.69) is 15.4 Å². The fraction of sp³-hybridized carbons (Fsp3) is 0.375.